The number of amides is 1. The molecule has 0 aromatic heterocycles. The Bertz CT molecular complexity index is 922. The molecule has 0 radical (unpaired) electrons. The lowest BCUT2D eigenvalue weighted by molar-refractivity contribution is -0.172. The van der Waals surface area contributed by atoms with E-state index in [1.165, 1.54) is 0 Å². The van der Waals surface area contributed by atoms with Gasteiger partial charge in [-0.2, -0.15) is 0 Å². The van der Waals surface area contributed by atoms with Gasteiger partial charge in [-0.15, -0.1) is 0 Å². The molecule has 198 valence electrons. The van der Waals surface area contributed by atoms with Crippen molar-refractivity contribution in [3.63, 3.8) is 0 Å². The fourth-order valence-corrected chi connectivity index (χ4v) is 10.9. The van der Waals surface area contributed by atoms with Crippen molar-refractivity contribution in [1.29, 1.82) is 0 Å². The molecule has 6 heteroatoms. The first-order chi connectivity index (χ1) is 16.3. The summed E-state index contributed by atoms with van der Waals surface area (Å²) in [4.78, 5) is 26.9. The van der Waals surface area contributed by atoms with Crippen molar-refractivity contribution in [2.24, 2.45) is 50.7 Å². The number of rotatable bonds is 5. The number of ketones is 1. The maximum Gasteiger partial charge on any atom is 0.222 e. The molecule has 5 unspecified atom stereocenters. The van der Waals surface area contributed by atoms with Crippen LogP contribution in [-0.4, -0.2) is 53.7 Å². The Hall–Kier alpha value is -0.980. The van der Waals surface area contributed by atoms with E-state index in [9.17, 15) is 19.8 Å². The van der Waals surface area contributed by atoms with Crippen LogP contribution in [-0.2, 0) is 9.59 Å². The Kier molecular flexibility index (Phi) is 5.69. The number of aliphatic hydroxyl groups excluding tert-OH is 2. The van der Waals surface area contributed by atoms with Crippen LogP contribution in [0.4, 0.5) is 0 Å². The molecule has 5 aliphatic rings. The van der Waals surface area contributed by atoms with Crippen molar-refractivity contribution < 1.29 is 19.8 Å². The van der Waals surface area contributed by atoms with E-state index >= 15 is 0 Å². The Labute approximate surface area is 211 Å². The van der Waals surface area contributed by atoms with E-state index in [0.29, 0.717) is 12.2 Å². The van der Waals surface area contributed by atoms with Crippen LogP contribution in [0.1, 0.15) is 86.5 Å². The first-order valence-corrected chi connectivity index (χ1v) is 14.1. The number of aliphatic hydroxyl groups is 2. The van der Waals surface area contributed by atoms with Crippen molar-refractivity contribution in [1.82, 2.24) is 10.6 Å². The van der Waals surface area contributed by atoms with Crippen molar-refractivity contribution in [2.75, 3.05) is 13.7 Å². The molecule has 0 aromatic carbocycles. The summed E-state index contributed by atoms with van der Waals surface area (Å²) in [5, 5.41) is 28.7. The number of nitrogens with one attached hydrogen (secondary N) is 2. The molecule has 6 nitrogen and oxygen atoms in total. The normalized spacial score (nSPS) is 53.3. The van der Waals surface area contributed by atoms with Gasteiger partial charge >= 0.3 is 0 Å². The summed E-state index contributed by atoms with van der Waals surface area (Å²) in [6, 6.07) is 0.0989. The average molecular weight is 489 g/mol. The second kappa shape index (κ2) is 7.77. The highest BCUT2D eigenvalue weighted by Crippen LogP contribution is 2.87. The van der Waals surface area contributed by atoms with Gasteiger partial charge in [0, 0.05) is 41.2 Å². The largest absolute Gasteiger partial charge is 0.396 e. The maximum absolute atomic E-state index is 14.3. The van der Waals surface area contributed by atoms with E-state index in [-0.39, 0.29) is 69.9 Å². The van der Waals surface area contributed by atoms with Crippen molar-refractivity contribution in [3.8, 4) is 0 Å². The SMILES string of the molecule is CNC(C)[C@H]1[C@H](O)C[C@@]2(C)C3CCC4C5(CC[C@H](NC(=O)C(C)C)[C@@]4(C)CO)CC35C(=O)C[C@]12C. The van der Waals surface area contributed by atoms with E-state index < -0.39 is 11.5 Å². The molecular weight excluding hydrogens is 440 g/mol. The van der Waals surface area contributed by atoms with Crippen LogP contribution in [0.2, 0.25) is 0 Å². The topological polar surface area (TPSA) is 98.7 Å². The van der Waals surface area contributed by atoms with E-state index in [4.69, 9.17) is 0 Å². The molecule has 0 aromatic rings. The number of Topliss-reactive ketones (excluding diaryl/α,β-unsaturated/α-hetero) is 1. The third kappa shape index (κ3) is 2.88. The summed E-state index contributed by atoms with van der Waals surface area (Å²) >= 11 is 0. The monoisotopic (exact) mass is 488 g/mol. The summed E-state index contributed by atoms with van der Waals surface area (Å²) < 4.78 is 0. The number of hydrogen-bond acceptors (Lipinski definition) is 5. The molecule has 5 fully saturated rings. The van der Waals surface area contributed by atoms with Gasteiger partial charge in [0.1, 0.15) is 5.78 Å². The fraction of sp³-hybridized carbons (Fsp3) is 0.931. The molecule has 0 bridgehead atoms. The quantitative estimate of drug-likeness (QED) is 0.476. The molecule has 0 saturated heterocycles. The second-order valence-corrected chi connectivity index (χ2v) is 14.2. The van der Waals surface area contributed by atoms with Gasteiger partial charge in [-0.3, -0.25) is 9.59 Å². The highest BCUT2D eigenvalue weighted by molar-refractivity contribution is 5.92. The Morgan fingerprint density at radius 2 is 1.74 bits per heavy atom. The molecule has 5 saturated carbocycles. The lowest BCUT2D eigenvalue weighted by atomic mass is 9.41. The molecular formula is C29H48N2O4. The third-order valence-corrected chi connectivity index (χ3v) is 12.9. The molecule has 11 atom stereocenters. The maximum atomic E-state index is 14.3. The Morgan fingerprint density at radius 3 is 2.34 bits per heavy atom. The summed E-state index contributed by atoms with van der Waals surface area (Å²) in [6.45, 7) is 12.8. The predicted molar refractivity (Wildman–Crippen MR) is 135 cm³/mol. The summed E-state index contributed by atoms with van der Waals surface area (Å²) in [5.41, 5.74) is -1.10. The lowest BCUT2D eigenvalue weighted by Crippen LogP contribution is -2.64. The number of hydrogen-bond donors (Lipinski definition) is 4. The van der Waals surface area contributed by atoms with Crippen LogP contribution in [0.3, 0.4) is 0 Å². The van der Waals surface area contributed by atoms with Crippen LogP contribution in [0.15, 0.2) is 0 Å². The van der Waals surface area contributed by atoms with Crippen LogP contribution in [0, 0.1) is 50.7 Å². The van der Waals surface area contributed by atoms with Crippen LogP contribution >= 0.6 is 0 Å². The molecule has 0 heterocycles. The molecule has 5 rings (SSSR count). The van der Waals surface area contributed by atoms with Crippen LogP contribution < -0.4 is 10.6 Å². The van der Waals surface area contributed by atoms with Gasteiger partial charge in [0.15, 0.2) is 0 Å². The highest BCUT2D eigenvalue weighted by atomic mass is 16.3. The minimum Gasteiger partial charge on any atom is -0.396 e. The number of carbonyl (C=O) groups excluding carboxylic acids is 2. The molecule has 2 spiro atoms. The van der Waals surface area contributed by atoms with Gasteiger partial charge in [-0.1, -0.05) is 34.6 Å². The van der Waals surface area contributed by atoms with Gasteiger partial charge in [-0.05, 0) is 80.6 Å². The Morgan fingerprint density at radius 1 is 1.09 bits per heavy atom. The molecule has 4 N–H and O–H groups in total. The predicted octanol–water partition coefficient (Wildman–Crippen LogP) is 3.30. The first kappa shape index (κ1) is 25.7. The molecule has 0 aliphatic heterocycles. The standard InChI is InChI=1S/C29H48N2O4/c1-16(2)24(35)31-21-10-11-28-14-29(28)20(9-8-19(28)25(21,4)15-32)26(5)12-18(33)23(17(3)30-7)27(26,6)13-22(29)34/h16-21,23,30,32-33H,8-15H2,1-7H3,(H,31,35)/t17?,18-,19?,20?,21+,23+,25+,26+,27-,28?,29?/m1/s1. The Balaban J connectivity index is 1.51. The zero-order chi connectivity index (χ0) is 25.8. The average Bonchev–Trinajstić information content (AvgIpc) is 3.44. The van der Waals surface area contributed by atoms with Crippen molar-refractivity contribution >= 4 is 11.7 Å². The number of fused-ring (bicyclic) bond motifs is 2. The van der Waals surface area contributed by atoms with Gasteiger partial charge in [0.2, 0.25) is 5.91 Å². The van der Waals surface area contributed by atoms with Crippen LogP contribution in [0.25, 0.3) is 0 Å². The van der Waals surface area contributed by atoms with Gasteiger partial charge in [-0.25, -0.2) is 0 Å². The summed E-state index contributed by atoms with van der Waals surface area (Å²) in [6.07, 6.45) is 5.58. The highest BCUT2D eigenvalue weighted by Gasteiger charge is 2.86. The second-order valence-electron chi connectivity index (χ2n) is 14.2. The van der Waals surface area contributed by atoms with Gasteiger partial charge < -0.3 is 20.8 Å². The van der Waals surface area contributed by atoms with Crippen molar-refractivity contribution in [2.45, 2.75) is 105 Å². The van der Waals surface area contributed by atoms with E-state index in [0.717, 1.165) is 38.5 Å². The van der Waals surface area contributed by atoms with E-state index in [1.54, 1.807) is 0 Å². The molecule has 1 amide bonds. The zero-order valence-corrected chi connectivity index (χ0v) is 22.9. The van der Waals surface area contributed by atoms with E-state index in [1.807, 2.05) is 20.9 Å². The van der Waals surface area contributed by atoms with Crippen molar-refractivity contribution in [3.05, 3.63) is 0 Å². The minimum absolute atomic E-state index is 0.0346. The zero-order valence-electron chi connectivity index (χ0n) is 22.9. The minimum atomic E-state index is -0.419. The number of carbonyl (C=O) groups is 2. The fourth-order valence-electron chi connectivity index (χ4n) is 10.9. The molecule has 5 aliphatic carbocycles. The lowest BCUT2D eigenvalue weighted by Gasteiger charge is -2.62. The smallest absolute Gasteiger partial charge is 0.222 e. The van der Waals surface area contributed by atoms with Gasteiger partial charge in [0.05, 0.1) is 12.7 Å². The van der Waals surface area contributed by atoms with E-state index in [2.05, 4.69) is 38.3 Å². The summed E-state index contributed by atoms with van der Waals surface area (Å²) in [7, 11) is 1.95. The van der Waals surface area contributed by atoms with Gasteiger partial charge in [0.25, 0.3) is 0 Å². The summed E-state index contributed by atoms with van der Waals surface area (Å²) in [5.74, 6) is 0.960. The third-order valence-electron chi connectivity index (χ3n) is 12.9. The molecule has 35 heavy (non-hydrogen) atoms. The van der Waals surface area contributed by atoms with Crippen LogP contribution in [0.5, 0.6) is 0 Å². The first-order valence-electron chi connectivity index (χ1n) is 14.1.